The van der Waals surface area contributed by atoms with Gasteiger partial charge in [-0.15, -0.1) is 0 Å². The van der Waals surface area contributed by atoms with Crippen LogP contribution in [0.25, 0.3) is 5.69 Å². The Morgan fingerprint density at radius 2 is 1.96 bits per heavy atom. The van der Waals surface area contributed by atoms with Crippen LogP contribution in [-0.4, -0.2) is 32.8 Å². The highest BCUT2D eigenvalue weighted by atomic mass is 35.5. The second-order valence-corrected chi connectivity index (χ2v) is 6.16. The van der Waals surface area contributed by atoms with Gasteiger partial charge >= 0.3 is 5.97 Å². The largest absolute Gasteiger partial charge is 0.480 e. The third-order valence-corrected chi connectivity index (χ3v) is 4.25. The molecule has 1 aromatic carbocycles. The molecule has 2 N–H and O–H groups in total. The monoisotopic (exact) mass is 349 g/mol. The summed E-state index contributed by atoms with van der Waals surface area (Å²) in [6, 6.07) is 6.11. The van der Waals surface area contributed by atoms with Crippen LogP contribution in [0.1, 0.15) is 36.3 Å². The van der Waals surface area contributed by atoms with Crippen LogP contribution in [0.5, 0.6) is 0 Å². The lowest BCUT2D eigenvalue weighted by Gasteiger charge is -2.19. The fourth-order valence-electron chi connectivity index (χ4n) is 2.31. The first-order chi connectivity index (χ1) is 11.3. The number of aromatic nitrogens is 2. The zero-order chi connectivity index (χ0) is 17.9. The maximum Gasteiger partial charge on any atom is 0.326 e. The molecule has 0 aliphatic heterocycles. The molecule has 24 heavy (non-hydrogen) atoms. The van der Waals surface area contributed by atoms with Crippen molar-refractivity contribution < 1.29 is 14.7 Å². The van der Waals surface area contributed by atoms with E-state index in [0.717, 1.165) is 5.69 Å². The molecule has 2 rings (SSSR count). The molecule has 0 radical (unpaired) electrons. The summed E-state index contributed by atoms with van der Waals surface area (Å²) in [5, 5.41) is 16.8. The summed E-state index contributed by atoms with van der Waals surface area (Å²) in [5.41, 5.74) is 1.63. The predicted molar refractivity (Wildman–Crippen MR) is 91.7 cm³/mol. The Kier molecular flexibility index (Phi) is 5.62. The van der Waals surface area contributed by atoms with Gasteiger partial charge in [-0.3, -0.25) is 4.79 Å². The van der Waals surface area contributed by atoms with Gasteiger partial charge in [0.25, 0.3) is 5.91 Å². The molecule has 0 saturated heterocycles. The number of carboxylic acids is 1. The number of aryl methyl sites for hydroxylation is 1. The highest BCUT2D eigenvalue weighted by molar-refractivity contribution is 6.30. The topological polar surface area (TPSA) is 84.2 Å². The fraction of sp³-hybridized carbons (Fsp3) is 0.353. The Morgan fingerprint density at radius 1 is 1.33 bits per heavy atom. The number of carbonyl (C=O) groups excluding carboxylic acids is 1. The lowest BCUT2D eigenvalue weighted by Crippen LogP contribution is -2.45. The third kappa shape index (κ3) is 3.94. The minimum absolute atomic E-state index is 0.168. The van der Waals surface area contributed by atoms with E-state index >= 15 is 0 Å². The molecule has 0 saturated carbocycles. The van der Waals surface area contributed by atoms with Crippen LogP contribution in [0.3, 0.4) is 0 Å². The first kappa shape index (κ1) is 18.0. The molecule has 2 unspecified atom stereocenters. The Morgan fingerprint density at radius 3 is 2.50 bits per heavy atom. The molecular formula is C17H20ClN3O3. The van der Waals surface area contributed by atoms with Crippen LogP contribution in [0.4, 0.5) is 0 Å². The summed E-state index contributed by atoms with van der Waals surface area (Å²) in [7, 11) is 0. The Balaban J connectivity index is 2.24. The van der Waals surface area contributed by atoms with Crippen molar-refractivity contribution in [2.24, 2.45) is 5.92 Å². The quantitative estimate of drug-likeness (QED) is 0.839. The molecular weight excluding hydrogens is 330 g/mol. The molecule has 1 amide bonds. The number of nitrogens with zero attached hydrogens (tertiary/aromatic N) is 2. The average Bonchev–Trinajstić information content (AvgIpc) is 2.94. The van der Waals surface area contributed by atoms with Crippen molar-refractivity contribution in [2.45, 2.75) is 33.2 Å². The maximum absolute atomic E-state index is 12.5. The summed E-state index contributed by atoms with van der Waals surface area (Å²) < 4.78 is 1.57. The third-order valence-electron chi connectivity index (χ3n) is 4.00. The van der Waals surface area contributed by atoms with E-state index in [2.05, 4.69) is 10.4 Å². The minimum atomic E-state index is -1.04. The summed E-state index contributed by atoms with van der Waals surface area (Å²) >= 11 is 5.87. The molecule has 1 heterocycles. The van der Waals surface area contributed by atoms with Gasteiger partial charge in [-0.05, 0) is 37.1 Å². The normalized spacial score (nSPS) is 13.3. The standard InChI is InChI=1S/C17H20ClN3O3/c1-4-10(2)15(17(23)24)19-16(22)14-9-21(20-11(14)3)13-7-5-12(18)6-8-13/h5-10,15H,4H2,1-3H3,(H,19,22)(H,23,24). The lowest BCUT2D eigenvalue weighted by molar-refractivity contribution is -0.140. The Hall–Kier alpha value is -2.34. The molecule has 2 aromatic rings. The van der Waals surface area contributed by atoms with Crippen molar-refractivity contribution in [1.82, 2.24) is 15.1 Å². The van der Waals surface area contributed by atoms with Crippen LogP contribution in [0.2, 0.25) is 5.02 Å². The van der Waals surface area contributed by atoms with Crippen LogP contribution in [-0.2, 0) is 4.79 Å². The number of amides is 1. The number of nitrogens with one attached hydrogen (secondary N) is 1. The molecule has 6 nitrogen and oxygen atoms in total. The molecule has 0 spiro atoms. The van der Waals surface area contributed by atoms with Gasteiger partial charge in [-0.2, -0.15) is 5.10 Å². The molecule has 2 atom stereocenters. The van der Waals surface area contributed by atoms with Crippen molar-refractivity contribution in [2.75, 3.05) is 0 Å². The molecule has 0 aliphatic rings. The smallest absolute Gasteiger partial charge is 0.326 e. The molecule has 0 aliphatic carbocycles. The van der Waals surface area contributed by atoms with E-state index < -0.39 is 17.9 Å². The molecule has 0 bridgehead atoms. The van der Waals surface area contributed by atoms with E-state index in [1.807, 2.05) is 6.92 Å². The van der Waals surface area contributed by atoms with Gasteiger partial charge < -0.3 is 10.4 Å². The minimum Gasteiger partial charge on any atom is -0.480 e. The van der Waals surface area contributed by atoms with Gasteiger partial charge in [0.15, 0.2) is 0 Å². The van der Waals surface area contributed by atoms with Crippen molar-refractivity contribution >= 4 is 23.5 Å². The average molecular weight is 350 g/mol. The van der Waals surface area contributed by atoms with Gasteiger partial charge in [0.1, 0.15) is 6.04 Å². The van der Waals surface area contributed by atoms with Crippen molar-refractivity contribution in [3.05, 3.63) is 46.7 Å². The van der Waals surface area contributed by atoms with Crippen molar-refractivity contribution in [1.29, 1.82) is 0 Å². The van der Waals surface area contributed by atoms with Gasteiger partial charge in [-0.1, -0.05) is 31.9 Å². The summed E-state index contributed by atoms with van der Waals surface area (Å²) in [5.74, 6) is -1.65. The van der Waals surface area contributed by atoms with E-state index in [1.165, 1.54) is 0 Å². The van der Waals surface area contributed by atoms with Gasteiger partial charge in [0, 0.05) is 11.2 Å². The zero-order valence-corrected chi connectivity index (χ0v) is 14.5. The number of rotatable bonds is 6. The first-order valence-corrected chi connectivity index (χ1v) is 8.07. The fourth-order valence-corrected chi connectivity index (χ4v) is 2.44. The summed E-state index contributed by atoms with van der Waals surface area (Å²) in [6.07, 6.45) is 2.24. The van der Waals surface area contributed by atoms with E-state index in [9.17, 15) is 14.7 Å². The molecule has 0 fully saturated rings. The zero-order valence-electron chi connectivity index (χ0n) is 13.8. The summed E-state index contributed by atoms with van der Waals surface area (Å²) in [4.78, 5) is 23.8. The molecule has 1 aromatic heterocycles. The van der Waals surface area contributed by atoms with Crippen molar-refractivity contribution in [3.8, 4) is 5.69 Å². The van der Waals surface area contributed by atoms with Gasteiger partial charge in [0.05, 0.1) is 16.9 Å². The van der Waals surface area contributed by atoms with Crippen LogP contribution in [0, 0.1) is 12.8 Å². The van der Waals surface area contributed by atoms with Crippen molar-refractivity contribution in [3.63, 3.8) is 0 Å². The highest BCUT2D eigenvalue weighted by Crippen LogP contribution is 2.16. The number of hydrogen-bond acceptors (Lipinski definition) is 3. The first-order valence-electron chi connectivity index (χ1n) is 7.69. The van der Waals surface area contributed by atoms with Gasteiger partial charge in [-0.25, -0.2) is 9.48 Å². The maximum atomic E-state index is 12.5. The summed E-state index contributed by atoms with van der Waals surface area (Å²) in [6.45, 7) is 5.39. The SMILES string of the molecule is CCC(C)C(NC(=O)c1cn(-c2ccc(Cl)cc2)nc1C)C(=O)O. The number of aliphatic carboxylic acids is 1. The Labute approximate surface area is 145 Å². The van der Waals surface area contributed by atoms with Gasteiger partial charge in [0.2, 0.25) is 0 Å². The number of hydrogen-bond donors (Lipinski definition) is 2. The van der Waals surface area contributed by atoms with E-state index in [0.29, 0.717) is 22.7 Å². The van der Waals surface area contributed by atoms with Crippen LogP contribution in [0.15, 0.2) is 30.5 Å². The van der Waals surface area contributed by atoms with E-state index in [-0.39, 0.29) is 5.92 Å². The number of halogens is 1. The number of carbonyl (C=O) groups is 2. The number of benzene rings is 1. The van der Waals surface area contributed by atoms with Crippen LogP contribution >= 0.6 is 11.6 Å². The molecule has 7 heteroatoms. The number of carboxylic acid groups (broad SMARTS) is 1. The lowest BCUT2D eigenvalue weighted by atomic mass is 9.99. The highest BCUT2D eigenvalue weighted by Gasteiger charge is 2.27. The van der Waals surface area contributed by atoms with E-state index in [1.54, 1.807) is 49.0 Å². The molecule has 128 valence electrons. The second-order valence-electron chi connectivity index (χ2n) is 5.72. The van der Waals surface area contributed by atoms with Crippen LogP contribution < -0.4 is 5.32 Å². The van der Waals surface area contributed by atoms with E-state index in [4.69, 9.17) is 11.6 Å². The second kappa shape index (κ2) is 7.49. The Bertz CT molecular complexity index is 740. The predicted octanol–water partition coefficient (Wildman–Crippen LogP) is 3.06.